The molecule has 2 nitrogen and oxygen atoms in total. The summed E-state index contributed by atoms with van der Waals surface area (Å²) in [7, 11) is 0. The van der Waals surface area contributed by atoms with E-state index in [2.05, 4.69) is 0 Å². The molecule has 0 saturated heterocycles. The molecular formula is C10H13NO. The fraction of sp³-hybridized carbons (Fsp3) is 0.400. The molecule has 1 N–H and O–H groups in total. The molecule has 1 unspecified atom stereocenters. The van der Waals surface area contributed by atoms with Gasteiger partial charge >= 0.3 is 0 Å². The Morgan fingerprint density at radius 3 is 2.50 bits per heavy atom. The first-order chi connectivity index (χ1) is 5.83. The molecule has 0 aliphatic heterocycles. The molecule has 0 aromatic heterocycles. The highest BCUT2D eigenvalue weighted by molar-refractivity contribution is 5.14. The van der Waals surface area contributed by atoms with Gasteiger partial charge in [-0.25, -0.2) is 0 Å². The number of benzene rings is 1. The Hall–Kier alpha value is -0.860. The number of aliphatic hydroxyl groups excluding tert-OH is 1. The van der Waals surface area contributed by atoms with Crippen molar-refractivity contribution < 1.29 is 5.11 Å². The lowest BCUT2D eigenvalue weighted by molar-refractivity contribution is 0.171. The van der Waals surface area contributed by atoms with Crippen LogP contribution in [-0.4, -0.2) is 17.8 Å². The minimum atomic E-state index is -0.579. The van der Waals surface area contributed by atoms with E-state index in [1.54, 1.807) is 0 Å². The van der Waals surface area contributed by atoms with Gasteiger partial charge < -0.3 is 5.11 Å². The Kier molecular flexibility index (Phi) is 3.77. The van der Waals surface area contributed by atoms with Gasteiger partial charge in [-0.3, -0.25) is 0 Å². The predicted octanol–water partition coefficient (Wildman–Crippen LogP) is 1.05. The molecule has 1 aromatic rings. The van der Waals surface area contributed by atoms with Gasteiger partial charge in [-0.05, 0) is 18.4 Å². The van der Waals surface area contributed by atoms with Crippen molar-refractivity contribution in [1.82, 2.24) is 5.73 Å². The molecule has 0 heterocycles. The van der Waals surface area contributed by atoms with Crippen molar-refractivity contribution in [3.05, 3.63) is 35.9 Å². The molecule has 0 amide bonds. The number of aliphatic hydroxyl groups is 1. The third-order valence-corrected chi connectivity index (χ3v) is 1.82. The van der Waals surface area contributed by atoms with Gasteiger partial charge in [-0.2, -0.15) is 0 Å². The van der Waals surface area contributed by atoms with Crippen LogP contribution >= 0.6 is 0 Å². The van der Waals surface area contributed by atoms with Gasteiger partial charge in [-0.1, -0.05) is 30.3 Å². The van der Waals surface area contributed by atoms with Crippen molar-refractivity contribution in [2.24, 2.45) is 0 Å². The van der Waals surface area contributed by atoms with Crippen molar-refractivity contribution in [2.75, 3.05) is 6.54 Å². The Morgan fingerprint density at radius 2 is 1.92 bits per heavy atom. The summed E-state index contributed by atoms with van der Waals surface area (Å²) in [6.07, 6.45) is 0.869. The molecule has 0 saturated carbocycles. The molecule has 0 fully saturated rings. The Morgan fingerprint density at radius 1 is 1.25 bits per heavy atom. The molecule has 2 radical (unpaired) electrons. The second-order valence-electron chi connectivity index (χ2n) is 2.86. The van der Waals surface area contributed by atoms with E-state index >= 15 is 0 Å². The van der Waals surface area contributed by atoms with Gasteiger partial charge in [0.1, 0.15) is 0 Å². The average molecular weight is 163 g/mol. The standard InChI is InChI=1S/C10H13NO/c11-8-10(12)7-6-9-4-2-1-3-5-9/h1-5,10,12H,6-8H2. The second kappa shape index (κ2) is 4.91. The van der Waals surface area contributed by atoms with Gasteiger partial charge in [-0.15, -0.1) is 5.73 Å². The zero-order chi connectivity index (χ0) is 8.81. The van der Waals surface area contributed by atoms with E-state index < -0.39 is 6.10 Å². The van der Waals surface area contributed by atoms with Crippen molar-refractivity contribution in [2.45, 2.75) is 18.9 Å². The highest BCUT2D eigenvalue weighted by atomic mass is 16.3. The first-order valence-corrected chi connectivity index (χ1v) is 4.16. The quantitative estimate of drug-likeness (QED) is 0.708. The lowest BCUT2D eigenvalue weighted by Gasteiger charge is -2.05. The van der Waals surface area contributed by atoms with Gasteiger partial charge in [0.05, 0.1) is 12.6 Å². The van der Waals surface area contributed by atoms with E-state index in [1.807, 2.05) is 30.3 Å². The third kappa shape index (κ3) is 3.03. The summed E-state index contributed by atoms with van der Waals surface area (Å²) in [6, 6.07) is 9.95. The van der Waals surface area contributed by atoms with Gasteiger partial charge in [0.2, 0.25) is 0 Å². The maximum absolute atomic E-state index is 9.07. The number of aryl methyl sites for hydroxylation is 1. The monoisotopic (exact) mass is 163 g/mol. The maximum atomic E-state index is 9.07. The SMILES string of the molecule is [N]CC(O)CCc1ccccc1. The van der Waals surface area contributed by atoms with E-state index in [4.69, 9.17) is 10.8 Å². The third-order valence-electron chi connectivity index (χ3n) is 1.82. The molecule has 1 rings (SSSR count). The first-order valence-electron chi connectivity index (χ1n) is 4.16. The van der Waals surface area contributed by atoms with Crippen LogP contribution in [0.25, 0.3) is 0 Å². The van der Waals surface area contributed by atoms with Gasteiger partial charge in [0.15, 0.2) is 0 Å². The molecule has 0 aliphatic rings. The van der Waals surface area contributed by atoms with Crippen LogP contribution in [0.4, 0.5) is 0 Å². The zero-order valence-electron chi connectivity index (χ0n) is 6.98. The normalized spacial score (nSPS) is 12.8. The predicted molar refractivity (Wildman–Crippen MR) is 47.8 cm³/mol. The minimum absolute atomic E-state index is 0.146. The van der Waals surface area contributed by atoms with Gasteiger partial charge in [0.25, 0.3) is 0 Å². The lowest BCUT2D eigenvalue weighted by atomic mass is 10.1. The Bertz CT molecular complexity index is 210. The van der Waals surface area contributed by atoms with Crippen LogP contribution in [0.2, 0.25) is 0 Å². The maximum Gasteiger partial charge on any atom is 0.0700 e. The smallest absolute Gasteiger partial charge is 0.0700 e. The summed E-state index contributed by atoms with van der Waals surface area (Å²) in [5.41, 5.74) is 9.76. The summed E-state index contributed by atoms with van der Waals surface area (Å²) in [5.74, 6) is 0. The zero-order valence-corrected chi connectivity index (χ0v) is 6.98. The van der Waals surface area contributed by atoms with Gasteiger partial charge in [0, 0.05) is 0 Å². The van der Waals surface area contributed by atoms with Crippen molar-refractivity contribution in [3.63, 3.8) is 0 Å². The highest BCUT2D eigenvalue weighted by Gasteiger charge is 2.01. The number of hydrogen-bond donors (Lipinski definition) is 1. The summed E-state index contributed by atoms with van der Waals surface area (Å²) >= 11 is 0. The molecule has 0 aliphatic carbocycles. The van der Waals surface area contributed by atoms with Crippen molar-refractivity contribution >= 4 is 0 Å². The van der Waals surface area contributed by atoms with Crippen LogP contribution in [0.1, 0.15) is 12.0 Å². The minimum Gasteiger partial charge on any atom is -0.392 e. The van der Waals surface area contributed by atoms with Crippen molar-refractivity contribution in [3.8, 4) is 0 Å². The van der Waals surface area contributed by atoms with Crippen LogP contribution in [0.5, 0.6) is 0 Å². The molecule has 1 aromatic carbocycles. The van der Waals surface area contributed by atoms with Crippen LogP contribution in [0, 0.1) is 0 Å². The summed E-state index contributed by atoms with van der Waals surface area (Å²) < 4.78 is 0. The fourth-order valence-corrected chi connectivity index (χ4v) is 1.07. The van der Waals surface area contributed by atoms with Crippen LogP contribution in [0.15, 0.2) is 30.3 Å². The van der Waals surface area contributed by atoms with E-state index in [0.29, 0.717) is 6.42 Å². The highest BCUT2D eigenvalue weighted by Crippen LogP contribution is 2.04. The molecule has 0 spiro atoms. The molecule has 64 valence electrons. The summed E-state index contributed by atoms with van der Waals surface area (Å²) in [6.45, 7) is -0.146. The first kappa shape index (κ1) is 9.23. The van der Waals surface area contributed by atoms with Crippen LogP contribution in [-0.2, 0) is 6.42 Å². The number of hydrogen-bond acceptors (Lipinski definition) is 1. The van der Waals surface area contributed by atoms with E-state index in [1.165, 1.54) is 5.56 Å². The van der Waals surface area contributed by atoms with E-state index in [0.717, 1.165) is 6.42 Å². The van der Waals surface area contributed by atoms with E-state index in [-0.39, 0.29) is 6.54 Å². The molecule has 0 bridgehead atoms. The summed E-state index contributed by atoms with van der Waals surface area (Å²) in [5, 5.41) is 9.07. The van der Waals surface area contributed by atoms with Crippen LogP contribution < -0.4 is 5.73 Å². The molecule has 1 atom stereocenters. The Balaban J connectivity index is 2.33. The number of nitrogens with zero attached hydrogens (tertiary/aromatic N) is 1. The molecule has 2 heteroatoms. The average Bonchev–Trinajstić information content (AvgIpc) is 2.16. The van der Waals surface area contributed by atoms with Crippen molar-refractivity contribution in [1.29, 1.82) is 0 Å². The summed E-state index contributed by atoms with van der Waals surface area (Å²) in [4.78, 5) is 0. The molecule has 12 heavy (non-hydrogen) atoms. The topological polar surface area (TPSA) is 42.5 Å². The Labute approximate surface area is 73.0 Å². The van der Waals surface area contributed by atoms with Crippen LogP contribution in [0.3, 0.4) is 0 Å². The second-order valence-corrected chi connectivity index (χ2v) is 2.86. The largest absolute Gasteiger partial charge is 0.392 e. The molecular weight excluding hydrogens is 150 g/mol. The fourth-order valence-electron chi connectivity index (χ4n) is 1.07. The lowest BCUT2D eigenvalue weighted by Crippen LogP contribution is -2.13. The van der Waals surface area contributed by atoms with E-state index in [9.17, 15) is 0 Å². The number of rotatable bonds is 4.